The quantitative estimate of drug-likeness (QED) is 0.0699. The molecular weight excluding hydrogens is 462 g/mol. The van der Waals surface area contributed by atoms with E-state index in [1.54, 1.807) is 0 Å². The van der Waals surface area contributed by atoms with Crippen molar-refractivity contribution in [1.82, 2.24) is 5.32 Å². The number of rotatable bonds is 31. The Morgan fingerprint density at radius 3 is 1.13 bits per heavy atom. The van der Waals surface area contributed by atoms with Crippen molar-refractivity contribution in [2.75, 3.05) is 6.54 Å². The summed E-state index contributed by atoms with van der Waals surface area (Å²) in [6, 6.07) is 0. The fraction of sp³-hybridized carbons (Fsp3) is 0.861. The first-order valence-electron chi connectivity index (χ1n) is 17.4. The predicted molar refractivity (Wildman–Crippen MR) is 172 cm³/mol. The molecule has 1 N–H and O–H groups in total. The molecule has 0 saturated carbocycles. The van der Waals surface area contributed by atoms with Crippen molar-refractivity contribution in [1.29, 1.82) is 0 Å². The van der Waals surface area contributed by atoms with Gasteiger partial charge >= 0.3 is 0 Å². The minimum atomic E-state index is 0.260. The first-order chi connectivity index (χ1) is 18.8. The second-order valence-corrected chi connectivity index (χ2v) is 11.6. The van der Waals surface area contributed by atoms with Gasteiger partial charge in [0.05, 0.1) is 0 Å². The van der Waals surface area contributed by atoms with Crippen LogP contribution in [-0.4, -0.2) is 12.5 Å². The molecule has 0 heterocycles. The van der Waals surface area contributed by atoms with Crippen LogP contribution in [-0.2, 0) is 4.79 Å². The van der Waals surface area contributed by atoms with Gasteiger partial charge in [0.25, 0.3) is 0 Å². The van der Waals surface area contributed by atoms with Crippen LogP contribution in [0, 0.1) is 0 Å². The summed E-state index contributed by atoms with van der Waals surface area (Å²) in [5.74, 6) is 0.260. The van der Waals surface area contributed by atoms with Gasteiger partial charge in [-0.05, 0) is 64.2 Å². The number of unbranched alkanes of at least 4 members (excludes halogenated alkanes) is 23. The Balaban J connectivity index is 3.23. The molecule has 0 spiro atoms. The van der Waals surface area contributed by atoms with Gasteiger partial charge in [0.2, 0.25) is 5.91 Å². The number of carbonyl (C=O) groups is 1. The van der Waals surface area contributed by atoms with Gasteiger partial charge in [0, 0.05) is 13.0 Å². The smallest absolute Gasteiger partial charge is 0.219 e. The number of allylic oxidation sites excluding steroid dienone is 4. The van der Waals surface area contributed by atoms with E-state index in [2.05, 4.69) is 43.5 Å². The summed E-state index contributed by atoms with van der Waals surface area (Å²) >= 11 is 0. The fourth-order valence-electron chi connectivity index (χ4n) is 5.05. The highest BCUT2D eigenvalue weighted by molar-refractivity contribution is 5.75. The van der Waals surface area contributed by atoms with Gasteiger partial charge in [0.15, 0.2) is 0 Å². The van der Waals surface area contributed by atoms with Gasteiger partial charge in [-0.15, -0.1) is 0 Å². The van der Waals surface area contributed by atoms with E-state index in [1.807, 2.05) is 0 Å². The molecule has 0 aromatic rings. The number of hydrogen-bond acceptors (Lipinski definition) is 1. The van der Waals surface area contributed by atoms with E-state index in [0.717, 1.165) is 19.4 Å². The van der Waals surface area contributed by atoms with Crippen molar-refractivity contribution in [2.24, 2.45) is 0 Å². The largest absolute Gasteiger partial charge is 0.356 e. The summed E-state index contributed by atoms with van der Waals surface area (Å²) in [5.41, 5.74) is 0. The molecule has 0 rings (SSSR count). The molecule has 0 radical (unpaired) electrons. The lowest BCUT2D eigenvalue weighted by Crippen LogP contribution is -2.23. The zero-order valence-corrected chi connectivity index (χ0v) is 26.2. The van der Waals surface area contributed by atoms with Gasteiger partial charge in [0.1, 0.15) is 0 Å². The summed E-state index contributed by atoms with van der Waals surface area (Å²) in [7, 11) is 0. The van der Waals surface area contributed by atoms with Crippen LogP contribution in [0.15, 0.2) is 24.3 Å². The summed E-state index contributed by atoms with van der Waals surface area (Å²) in [5, 5.41) is 3.12. The van der Waals surface area contributed by atoms with Crippen LogP contribution in [0.4, 0.5) is 0 Å². The van der Waals surface area contributed by atoms with Crippen LogP contribution in [0.1, 0.15) is 194 Å². The molecule has 0 aromatic carbocycles. The summed E-state index contributed by atoms with van der Waals surface area (Å²) < 4.78 is 0. The molecule has 0 fully saturated rings. The maximum atomic E-state index is 12.0. The molecule has 0 unspecified atom stereocenters. The minimum absolute atomic E-state index is 0.260. The van der Waals surface area contributed by atoms with Gasteiger partial charge in [-0.25, -0.2) is 0 Å². The highest BCUT2D eigenvalue weighted by atomic mass is 16.1. The molecular formula is C36H69NO. The third kappa shape index (κ3) is 33.0. The number of amides is 1. The van der Waals surface area contributed by atoms with Crippen LogP contribution < -0.4 is 5.32 Å². The minimum Gasteiger partial charge on any atom is -0.356 e. The van der Waals surface area contributed by atoms with E-state index in [-0.39, 0.29) is 5.91 Å². The maximum Gasteiger partial charge on any atom is 0.219 e. The first kappa shape index (κ1) is 37.0. The van der Waals surface area contributed by atoms with Crippen molar-refractivity contribution in [3.05, 3.63) is 24.3 Å². The van der Waals surface area contributed by atoms with Crippen molar-refractivity contribution in [3.8, 4) is 0 Å². The zero-order chi connectivity index (χ0) is 27.6. The summed E-state index contributed by atoms with van der Waals surface area (Å²) in [4.78, 5) is 12.0. The lowest BCUT2D eigenvalue weighted by Gasteiger charge is -2.05. The predicted octanol–water partition coefficient (Wildman–Crippen LogP) is 12.2. The standard InChI is InChI=1S/C36H69NO/c1-3-5-7-9-11-13-15-17-19-21-23-25-27-29-31-33-35-37-36(38)34-32-30-28-26-24-22-20-18-16-14-12-10-8-6-4-2/h17-20H,3-16,21-35H2,1-2H3,(H,37,38)/b19-17?,20-18-. The van der Waals surface area contributed by atoms with Gasteiger partial charge in [-0.1, -0.05) is 147 Å². The molecule has 2 nitrogen and oxygen atoms in total. The monoisotopic (exact) mass is 532 g/mol. The van der Waals surface area contributed by atoms with Gasteiger partial charge in [-0.3, -0.25) is 4.79 Å². The van der Waals surface area contributed by atoms with E-state index in [1.165, 1.54) is 161 Å². The average molecular weight is 532 g/mol. The van der Waals surface area contributed by atoms with E-state index in [4.69, 9.17) is 0 Å². The lowest BCUT2D eigenvalue weighted by molar-refractivity contribution is -0.121. The van der Waals surface area contributed by atoms with Gasteiger partial charge < -0.3 is 5.32 Å². The first-order valence-corrected chi connectivity index (χ1v) is 17.4. The fourth-order valence-corrected chi connectivity index (χ4v) is 5.05. The van der Waals surface area contributed by atoms with E-state index in [0.29, 0.717) is 6.42 Å². The van der Waals surface area contributed by atoms with Crippen molar-refractivity contribution >= 4 is 5.91 Å². The lowest BCUT2D eigenvalue weighted by atomic mass is 10.1. The van der Waals surface area contributed by atoms with Crippen LogP contribution in [0.25, 0.3) is 0 Å². The van der Waals surface area contributed by atoms with E-state index >= 15 is 0 Å². The third-order valence-electron chi connectivity index (χ3n) is 7.68. The zero-order valence-electron chi connectivity index (χ0n) is 26.2. The second-order valence-electron chi connectivity index (χ2n) is 11.6. The van der Waals surface area contributed by atoms with Crippen LogP contribution in [0.2, 0.25) is 0 Å². The van der Waals surface area contributed by atoms with Crippen molar-refractivity contribution < 1.29 is 4.79 Å². The van der Waals surface area contributed by atoms with Crippen LogP contribution >= 0.6 is 0 Å². The molecule has 0 atom stereocenters. The van der Waals surface area contributed by atoms with E-state index in [9.17, 15) is 4.79 Å². The Morgan fingerprint density at radius 2 is 0.737 bits per heavy atom. The highest BCUT2D eigenvalue weighted by Crippen LogP contribution is 2.11. The second kappa shape index (κ2) is 34.0. The molecule has 224 valence electrons. The SMILES string of the molecule is CCCCCCCCC=CCCCCCCCCNC(=O)CCCCCCC/C=C\CCCCCCCC. The highest BCUT2D eigenvalue weighted by Gasteiger charge is 2.00. The molecule has 0 bridgehead atoms. The average Bonchev–Trinajstić information content (AvgIpc) is 2.92. The number of hydrogen-bond donors (Lipinski definition) is 1. The molecule has 1 amide bonds. The van der Waals surface area contributed by atoms with E-state index < -0.39 is 0 Å². The Hall–Kier alpha value is -1.05. The summed E-state index contributed by atoms with van der Waals surface area (Å²) in [6.07, 6.45) is 45.8. The van der Waals surface area contributed by atoms with Crippen LogP contribution in [0.3, 0.4) is 0 Å². The van der Waals surface area contributed by atoms with Crippen molar-refractivity contribution in [3.63, 3.8) is 0 Å². The van der Waals surface area contributed by atoms with Crippen molar-refractivity contribution in [2.45, 2.75) is 194 Å². The topological polar surface area (TPSA) is 29.1 Å². The molecule has 0 saturated heterocycles. The molecule has 0 aliphatic rings. The molecule has 0 aliphatic heterocycles. The molecule has 0 aliphatic carbocycles. The number of carbonyl (C=O) groups excluding carboxylic acids is 1. The van der Waals surface area contributed by atoms with Gasteiger partial charge in [-0.2, -0.15) is 0 Å². The Labute approximate surface area is 240 Å². The summed E-state index contributed by atoms with van der Waals surface area (Å²) in [6.45, 7) is 5.43. The molecule has 2 heteroatoms. The van der Waals surface area contributed by atoms with Crippen LogP contribution in [0.5, 0.6) is 0 Å². The normalized spacial score (nSPS) is 11.7. The Morgan fingerprint density at radius 1 is 0.421 bits per heavy atom. The number of nitrogens with one attached hydrogen (secondary N) is 1. The Kier molecular flexibility index (Phi) is 33.0. The molecule has 0 aromatic heterocycles. The maximum absolute atomic E-state index is 12.0. The Bertz CT molecular complexity index is 509. The third-order valence-corrected chi connectivity index (χ3v) is 7.68. The molecule has 38 heavy (non-hydrogen) atoms.